The van der Waals surface area contributed by atoms with E-state index in [0.29, 0.717) is 48.5 Å². The van der Waals surface area contributed by atoms with Crippen molar-refractivity contribution in [2.45, 2.75) is 212 Å². The molecule has 4 aliphatic carbocycles. The number of methoxy groups -OCH3 is 2. The number of hydrogen-bond donors (Lipinski definition) is 1. The van der Waals surface area contributed by atoms with Crippen LogP contribution in [0.4, 0.5) is 0 Å². The standard InChI is InChI=1S/C49H66O6SSi.C34H42O3Si.CH4/c1-32(2)36-27-42(33(3)4)48(43(28-36)34(5)6)56(51,52)54-31-38(50)24-25-41-44-26-35-18-17-23-46(53-10)45(35)29-37(44)30-47(41)55-57(49(7,8)9,39-19-13-11-14-20-39)40-21-15-12-16-22-40;1-34(2,3)38(27-13-7-5-8-14-27,28-15-9-6-10-16-28)37-33-22-25-21-31-24(12-11-17-32(31)35-4)20-30(25)29(33)19-18-26-23-36-26;/h11-23,27-28,32-34,37-38,41,44,47,50H,24-26,29-31H2,1-10H3;5-17,25-26,29-30,33H,18-23H2,1-4H3;1H4/t37-,38+,41+,44-,47+;25-,26+,29+,30-,33+;/m00./s1. The number of rotatable bonds is 23. The Hall–Kier alpha value is -5.68. The van der Waals surface area contributed by atoms with Crippen molar-refractivity contribution in [2.24, 2.45) is 35.5 Å². The summed E-state index contributed by atoms with van der Waals surface area (Å²) in [6, 6.07) is 61.0. The zero-order valence-electron chi connectivity index (χ0n) is 59.3. The molecule has 10 atom stereocenters. The summed E-state index contributed by atoms with van der Waals surface area (Å²) in [6.45, 7) is 27.2. The molecule has 0 bridgehead atoms. The molecule has 2 saturated carbocycles. The van der Waals surface area contributed by atoms with Gasteiger partial charge in [-0.15, -0.1) is 0 Å². The van der Waals surface area contributed by atoms with Gasteiger partial charge in [0, 0.05) is 12.2 Å². The molecule has 1 saturated heterocycles. The number of hydrogen-bond acceptors (Lipinski definition) is 9. The largest absolute Gasteiger partial charge is 0.496 e. The molecule has 7 aromatic rings. The SMILES string of the molecule is C.COc1cccc2c1C[C@H]1C[C@@H](O[Si](c3ccccc3)(c3ccccc3)C(C)(C)C)[C@H](CC[C@@H](O)COS(=O)(=O)c3c(C(C)C)cc(C(C)C)cc3C(C)C)[C@H]1C2.COc1cccc2c1C[C@H]1C[C@@H](O[Si](c3ccccc3)(c3ccccc3)C(C)(C)C)[C@H](CC[C@@H]3CO3)[C@H]1C2. The maximum Gasteiger partial charge on any atom is 0.297 e. The summed E-state index contributed by atoms with van der Waals surface area (Å²) in [5.41, 5.74) is 8.19. The highest BCUT2D eigenvalue weighted by molar-refractivity contribution is 7.86. The fraction of sp³-hybridized carbons (Fsp3) is 0.500. The topological polar surface area (TPSA) is 113 Å². The smallest absolute Gasteiger partial charge is 0.297 e. The van der Waals surface area contributed by atoms with Crippen LogP contribution in [0.1, 0.15) is 186 Å². The van der Waals surface area contributed by atoms with Gasteiger partial charge in [0.05, 0.1) is 39.6 Å². The van der Waals surface area contributed by atoms with E-state index in [-0.39, 0.29) is 64.9 Å². The lowest BCUT2D eigenvalue weighted by Gasteiger charge is -2.46. The van der Waals surface area contributed by atoms with Crippen LogP contribution in [0.3, 0.4) is 0 Å². The Morgan fingerprint density at radius 2 is 0.906 bits per heavy atom. The zero-order chi connectivity index (χ0) is 67.6. The first-order chi connectivity index (χ1) is 45.4. The predicted octanol–water partition coefficient (Wildman–Crippen LogP) is 16.7. The van der Waals surface area contributed by atoms with Crippen LogP contribution >= 0.6 is 0 Å². The third-order valence-electron chi connectivity index (χ3n) is 22.4. The number of aliphatic hydroxyl groups is 1. The number of ether oxygens (including phenoxy) is 3. The van der Waals surface area contributed by atoms with Crippen LogP contribution in [0.15, 0.2) is 175 Å². The lowest BCUT2D eigenvalue weighted by Crippen LogP contribution is -2.68. The Bertz CT molecular complexity index is 3680. The van der Waals surface area contributed by atoms with Gasteiger partial charge in [-0.1, -0.05) is 248 Å². The van der Waals surface area contributed by atoms with Crippen LogP contribution < -0.4 is 30.2 Å². The molecule has 0 radical (unpaired) electrons. The summed E-state index contributed by atoms with van der Waals surface area (Å²) >= 11 is 0. The summed E-state index contributed by atoms with van der Waals surface area (Å²) in [4.78, 5) is 0.262. The van der Waals surface area contributed by atoms with E-state index < -0.39 is 32.9 Å². The number of aliphatic hydroxyl groups excluding tert-OH is 1. The van der Waals surface area contributed by atoms with Crippen LogP contribution in [-0.2, 0) is 53.6 Å². The molecular weight excluding hydrogens is 1240 g/mol. The summed E-state index contributed by atoms with van der Waals surface area (Å²) in [5, 5.41) is 16.6. The molecule has 1 N–H and O–H groups in total. The molecule has 0 unspecified atom stereocenters. The molecule has 5 aliphatic rings. The zero-order valence-corrected chi connectivity index (χ0v) is 62.1. The number of fused-ring (bicyclic) bond motifs is 4. The first-order valence-corrected chi connectivity index (χ1v) is 40.8. The minimum Gasteiger partial charge on any atom is -0.496 e. The van der Waals surface area contributed by atoms with E-state index >= 15 is 0 Å². The Balaban J connectivity index is 0.000000223. The van der Waals surface area contributed by atoms with E-state index in [1.54, 1.807) is 7.11 Å². The summed E-state index contributed by atoms with van der Waals surface area (Å²) in [5.74, 6) is 4.98. The summed E-state index contributed by atoms with van der Waals surface area (Å²) in [6.07, 6.45) is 9.28. The second-order valence-electron chi connectivity index (χ2n) is 31.3. The summed E-state index contributed by atoms with van der Waals surface area (Å²) < 4.78 is 67.0. The maximum absolute atomic E-state index is 14.1. The van der Waals surface area contributed by atoms with Crippen LogP contribution in [-0.4, -0.2) is 82.0 Å². The molecule has 12 rings (SSSR count). The van der Waals surface area contributed by atoms with Crippen LogP contribution in [0.5, 0.6) is 11.5 Å². The van der Waals surface area contributed by atoms with Gasteiger partial charge in [0.2, 0.25) is 0 Å². The van der Waals surface area contributed by atoms with Gasteiger partial charge < -0.3 is 28.2 Å². The first-order valence-electron chi connectivity index (χ1n) is 35.6. The Kier molecular flexibility index (Phi) is 23.2. The van der Waals surface area contributed by atoms with Gasteiger partial charge in [-0.05, 0) is 199 Å². The minimum absolute atomic E-state index is 0. The number of benzene rings is 7. The van der Waals surface area contributed by atoms with E-state index in [9.17, 15) is 13.5 Å². The molecule has 96 heavy (non-hydrogen) atoms. The summed E-state index contributed by atoms with van der Waals surface area (Å²) in [7, 11) is -6.08. The molecule has 1 aliphatic heterocycles. The van der Waals surface area contributed by atoms with Gasteiger partial charge in [0.1, 0.15) is 16.4 Å². The average molecular weight is 1350 g/mol. The van der Waals surface area contributed by atoms with Crippen molar-refractivity contribution in [3.8, 4) is 11.5 Å². The lowest BCUT2D eigenvalue weighted by atomic mass is 9.73. The van der Waals surface area contributed by atoms with Crippen molar-refractivity contribution in [1.82, 2.24) is 0 Å². The highest BCUT2D eigenvalue weighted by Crippen LogP contribution is 2.54. The Morgan fingerprint density at radius 3 is 1.25 bits per heavy atom. The molecule has 0 spiro atoms. The Labute approximate surface area is 579 Å². The van der Waals surface area contributed by atoms with Gasteiger partial charge in [-0.3, -0.25) is 4.18 Å². The van der Waals surface area contributed by atoms with Crippen LogP contribution in [0.25, 0.3) is 0 Å². The fourth-order valence-electron chi connectivity index (χ4n) is 17.5. The van der Waals surface area contributed by atoms with Crippen molar-refractivity contribution in [3.05, 3.63) is 209 Å². The minimum atomic E-state index is -4.15. The quantitative estimate of drug-likeness (QED) is 0.0380. The average Bonchev–Trinajstić information content (AvgIpc) is 1.37. The second kappa shape index (κ2) is 30.4. The van der Waals surface area contributed by atoms with E-state index in [1.807, 2.05) is 46.9 Å². The van der Waals surface area contributed by atoms with Gasteiger partial charge in [-0.25, -0.2) is 0 Å². The van der Waals surface area contributed by atoms with Crippen molar-refractivity contribution in [3.63, 3.8) is 0 Å². The van der Waals surface area contributed by atoms with E-state index in [1.165, 1.54) is 49.4 Å². The molecule has 7 aromatic carbocycles. The predicted molar refractivity (Wildman–Crippen MR) is 399 cm³/mol. The molecular formula is C84H112O9SSi2. The third-order valence-corrected chi connectivity index (χ3v) is 33.9. The van der Waals surface area contributed by atoms with E-state index in [0.717, 1.165) is 79.7 Å². The van der Waals surface area contributed by atoms with Crippen molar-refractivity contribution in [1.29, 1.82) is 0 Å². The lowest BCUT2D eigenvalue weighted by molar-refractivity contribution is 0.0745. The van der Waals surface area contributed by atoms with Crippen molar-refractivity contribution >= 4 is 47.5 Å². The van der Waals surface area contributed by atoms with E-state index in [2.05, 4.69) is 213 Å². The molecule has 0 amide bonds. The highest BCUT2D eigenvalue weighted by atomic mass is 32.2. The molecule has 1 heterocycles. The molecule has 3 fully saturated rings. The van der Waals surface area contributed by atoms with E-state index in [4.69, 9.17) is 27.2 Å². The van der Waals surface area contributed by atoms with Crippen LogP contribution in [0.2, 0.25) is 10.1 Å². The van der Waals surface area contributed by atoms with Crippen LogP contribution in [0, 0.1) is 35.5 Å². The van der Waals surface area contributed by atoms with Gasteiger partial charge >= 0.3 is 0 Å². The van der Waals surface area contributed by atoms with Crippen molar-refractivity contribution in [2.75, 3.05) is 27.4 Å². The van der Waals surface area contributed by atoms with Gasteiger partial charge in [-0.2, -0.15) is 8.42 Å². The normalized spacial score (nSPS) is 22.7. The third kappa shape index (κ3) is 15.1. The molecule has 0 aromatic heterocycles. The number of epoxide rings is 1. The van der Waals surface area contributed by atoms with Gasteiger partial charge in [0.15, 0.2) is 0 Å². The monoisotopic (exact) mass is 1350 g/mol. The first kappa shape index (κ1) is 73.1. The highest BCUT2D eigenvalue weighted by Gasteiger charge is 2.58. The molecule has 12 heteroatoms. The maximum atomic E-state index is 14.1. The fourth-order valence-corrected chi connectivity index (χ4v) is 28.6. The molecule has 9 nitrogen and oxygen atoms in total. The molecule has 516 valence electrons. The van der Waals surface area contributed by atoms with Gasteiger partial charge in [0.25, 0.3) is 26.8 Å². The van der Waals surface area contributed by atoms with Crippen molar-refractivity contribution < 1.29 is 40.8 Å². The second-order valence-corrected chi connectivity index (χ2v) is 41.4. The Morgan fingerprint density at radius 1 is 0.521 bits per heavy atom.